The third-order valence-electron chi connectivity index (χ3n) is 3.60. The highest BCUT2D eigenvalue weighted by Crippen LogP contribution is 2.26. The van der Waals surface area contributed by atoms with Crippen molar-refractivity contribution in [2.24, 2.45) is 0 Å². The summed E-state index contributed by atoms with van der Waals surface area (Å²) in [6.07, 6.45) is 2.73. The largest absolute Gasteiger partial charge is 0.311 e. The van der Waals surface area contributed by atoms with E-state index in [0.29, 0.717) is 12.0 Å². The van der Waals surface area contributed by atoms with Crippen LogP contribution in [0.1, 0.15) is 49.3 Å². The summed E-state index contributed by atoms with van der Waals surface area (Å²) in [7, 11) is 0. The molecule has 1 aromatic carbocycles. The van der Waals surface area contributed by atoms with Crippen molar-refractivity contribution in [1.82, 2.24) is 5.32 Å². The third-order valence-corrected chi connectivity index (χ3v) is 3.60. The molecular formula is C15H23N. The van der Waals surface area contributed by atoms with Crippen LogP contribution in [-0.2, 0) is 0 Å². The average molecular weight is 217 g/mol. The minimum absolute atomic E-state index is 0.578. The standard InChI is InChI=1S/C15H23N/c1-10-7-11(2)9-14(8-10)12(3)13(4)16-15-5-6-15/h7-9,12-13,15-16H,5-6H2,1-4H3. The van der Waals surface area contributed by atoms with E-state index in [1.807, 2.05) is 0 Å². The van der Waals surface area contributed by atoms with Gasteiger partial charge in [0.1, 0.15) is 0 Å². The van der Waals surface area contributed by atoms with E-state index in [2.05, 4.69) is 51.2 Å². The van der Waals surface area contributed by atoms with E-state index in [0.717, 1.165) is 6.04 Å². The average Bonchev–Trinajstić information content (AvgIpc) is 2.99. The summed E-state index contributed by atoms with van der Waals surface area (Å²) in [5, 5.41) is 3.69. The van der Waals surface area contributed by atoms with Crippen molar-refractivity contribution in [2.45, 2.75) is 58.5 Å². The lowest BCUT2D eigenvalue weighted by Crippen LogP contribution is -2.32. The van der Waals surface area contributed by atoms with Crippen LogP contribution in [0.2, 0.25) is 0 Å². The van der Waals surface area contributed by atoms with Crippen molar-refractivity contribution in [3.8, 4) is 0 Å². The van der Waals surface area contributed by atoms with Gasteiger partial charge in [0.25, 0.3) is 0 Å². The monoisotopic (exact) mass is 217 g/mol. The summed E-state index contributed by atoms with van der Waals surface area (Å²) in [5.74, 6) is 0.596. The highest BCUT2D eigenvalue weighted by atomic mass is 15.0. The number of rotatable bonds is 4. The van der Waals surface area contributed by atoms with E-state index < -0.39 is 0 Å². The molecule has 2 unspecified atom stereocenters. The van der Waals surface area contributed by atoms with Gasteiger partial charge >= 0.3 is 0 Å². The Bertz CT molecular complexity index is 345. The molecular weight excluding hydrogens is 194 g/mol. The Morgan fingerprint density at radius 2 is 1.62 bits per heavy atom. The van der Waals surface area contributed by atoms with Crippen LogP contribution in [0.5, 0.6) is 0 Å². The van der Waals surface area contributed by atoms with Crippen molar-refractivity contribution in [2.75, 3.05) is 0 Å². The van der Waals surface area contributed by atoms with Gasteiger partial charge in [-0.25, -0.2) is 0 Å². The SMILES string of the molecule is Cc1cc(C)cc(C(C)C(C)NC2CC2)c1. The van der Waals surface area contributed by atoms with Gasteiger partial charge in [0.05, 0.1) is 0 Å². The van der Waals surface area contributed by atoms with E-state index in [9.17, 15) is 0 Å². The van der Waals surface area contributed by atoms with E-state index in [-0.39, 0.29) is 0 Å². The normalized spacial score (nSPS) is 19.5. The van der Waals surface area contributed by atoms with Crippen molar-refractivity contribution in [3.63, 3.8) is 0 Å². The molecule has 1 heteroatoms. The molecule has 0 aromatic heterocycles. The van der Waals surface area contributed by atoms with E-state index in [4.69, 9.17) is 0 Å². The summed E-state index contributed by atoms with van der Waals surface area (Å²) < 4.78 is 0. The predicted octanol–water partition coefficient (Wildman–Crippen LogP) is 3.55. The molecule has 0 bridgehead atoms. The Balaban J connectivity index is 2.08. The van der Waals surface area contributed by atoms with Crippen LogP contribution >= 0.6 is 0 Å². The van der Waals surface area contributed by atoms with Gasteiger partial charge in [-0.15, -0.1) is 0 Å². The molecule has 1 aromatic rings. The number of benzene rings is 1. The van der Waals surface area contributed by atoms with Crippen LogP contribution < -0.4 is 5.32 Å². The van der Waals surface area contributed by atoms with Crippen LogP contribution in [0.3, 0.4) is 0 Å². The van der Waals surface area contributed by atoms with Gasteiger partial charge in [-0.05, 0) is 45.1 Å². The molecule has 0 amide bonds. The van der Waals surface area contributed by atoms with Crippen molar-refractivity contribution < 1.29 is 0 Å². The lowest BCUT2D eigenvalue weighted by atomic mass is 9.92. The van der Waals surface area contributed by atoms with Crippen molar-refractivity contribution in [1.29, 1.82) is 0 Å². The topological polar surface area (TPSA) is 12.0 Å². The van der Waals surface area contributed by atoms with E-state index in [1.54, 1.807) is 0 Å². The quantitative estimate of drug-likeness (QED) is 0.813. The number of nitrogens with one attached hydrogen (secondary N) is 1. The van der Waals surface area contributed by atoms with Gasteiger partial charge in [0.2, 0.25) is 0 Å². The fourth-order valence-electron chi connectivity index (χ4n) is 2.33. The molecule has 0 heterocycles. The Morgan fingerprint density at radius 1 is 1.06 bits per heavy atom. The van der Waals surface area contributed by atoms with Gasteiger partial charge in [-0.1, -0.05) is 36.2 Å². The lowest BCUT2D eigenvalue weighted by molar-refractivity contribution is 0.478. The predicted molar refractivity (Wildman–Crippen MR) is 70.0 cm³/mol. The van der Waals surface area contributed by atoms with Gasteiger partial charge in [0, 0.05) is 12.1 Å². The Morgan fingerprint density at radius 3 is 2.12 bits per heavy atom. The zero-order valence-corrected chi connectivity index (χ0v) is 10.9. The molecule has 0 saturated heterocycles. The molecule has 0 radical (unpaired) electrons. The van der Waals surface area contributed by atoms with Crippen molar-refractivity contribution >= 4 is 0 Å². The fourth-order valence-corrected chi connectivity index (χ4v) is 2.33. The summed E-state index contributed by atoms with van der Waals surface area (Å²) in [6, 6.07) is 8.26. The number of hydrogen-bond donors (Lipinski definition) is 1. The molecule has 0 spiro atoms. The molecule has 1 aliphatic carbocycles. The molecule has 1 aliphatic rings. The molecule has 1 fully saturated rings. The molecule has 2 atom stereocenters. The minimum atomic E-state index is 0.578. The summed E-state index contributed by atoms with van der Waals surface area (Å²) in [6.45, 7) is 9.00. The fraction of sp³-hybridized carbons (Fsp3) is 0.600. The first-order valence-electron chi connectivity index (χ1n) is 6.40. The molecule has 16 heavy (non-hydrogen) atoms. The second-order valence-corrected chi connectivity index (χ2v) is 5.44. The maximum absolute atomic E-state index is 3.69. The lowest BCUT2D eigenvalue weighted by Gasteiger charge is -2.22. The number of hydrogen-bond acceptors (Lipinski definition) is 1. The molecule has 88 valence electrons. The molecule has 0 aliphatic heterocycles. The Labute approximate surface area is 99.3 Å². The summed E-state index contributed by atoms with van der Waals surface area (Å²) in [4.78, 5) is 0. The van der Waals surface area contributed by atoms with Crippen LogP contribution in [0.4, 0.5) is 0 Å². The zero-order chi connectivity index (χ0) is 11.7. The third kappa shape index (κ3) is 2.85. The highest BCUT2D eigenvalue weighted by molar-refractivity contribution is 5.31. The van der Waals surface area contributed by atoms with Gasteiger partial charge in [-0.3, -0.25) is 0 Å². The van der Waals surface area contributed by atoms with Crippen LogP contribution in [0.25, 0.3) is 0 Å². The first kappa shape index (κ1) is 11.7. The summed E-state index contributed by atoms with van der Waals surface area (Å²) >= 11 is 0. The maximum Gasteiger partial charge on any atom is 0.0107 e. The number of aryl methyl sites for hydroxylation is 2. The Hall–Kier alpha value is -0.820. The van der Waals surface area contributed by atoms with Crippen LogP contribution in [0.15, 0.2) is 18.2 Å². The second kappa shape index (κ2) is 4.58. The zero-order valence-electron chi connectivity index (χ0n) is 10.9. The van der Waals surface area contributed by atoms with Gasteiger partial charge in [0.15, 0.2) is 0 Å². The minimum Gasteiger partial charge on any atom is -0.311 e. The maximum atomic E-state index is 3.69. The first-order valence-corrected chi connectivity index (χ1v) is 6.40. The summed E-state index contributed by atoms with van der Waals surface area (Å²) in [5.41, 5.74) is 4.22. The molecule has 1 N–H and O–H groups in total. The van der Waals surface area contributed by atoms with E-state index >= 15 is 0 Å². The van der Waals surface area contributed by atoms with Gasteiger partial charge in [-0.2, -0.15) is 0 Å². The highest BCUT2D eigenvalue weighted by Gasteiger charge is 2.25. The van der Waals surface area contributed by atoms with Gasteiger partial charge < -0.3 is 5.32 Å². The Kier molecular flexibility index (Phi) is 3.34. The molecule has 2 rings (SSSR count). The molecule has 1 nitrogen and oxygen atoms in total. The molecule has 1 saturated carbocycles. The van der Waals surface area contributed by atoms with Crippen LogP contribution in [0, 0.1) is 13.8 Å². The van der Waals surface area contributed by atoms with Crippen molar-refractivity contribution in [3.05, 3.63) is 34.9 Å². The smallest absolute Gasteiger partial charge is 0.0107 e. The first-order chi connectivity index (χ1) is 7.56. The van der Waals surface area contributed by atoms with E-state index in [1.165, 1.54) is 29.5 Å². The second-order valence-electron chi connectivity index (χ2n) is 5.44. The van der Waals surface area contributed by atoms with Crippen LogP contribution in [-0.4, -0.2) is 12.1 Å².